The van der Waals surface area contributed by atoms with Gasteiger partial charge in [0.25, 0.3) is 0 Å². The molecule has 2 N–H and O–H groups in total. The third-order valence-corrected chi connectivity index (χ3v) is 6.76. The van der Waals surface area contributed by atoms with Crippen LogP contribution in [-0.2, 0) is 11.6 Å². The highest BCUT2D eigenvalue weighted by Crippen LogP contribution is 2.41. The first-order valence-electron chi connectivity index (χ1n) is 10.8. The molecule has 0 atom stereocenters. The largest absolute Gasteiger partial charge is 0.433 e. The first kappa shape index (κ1) is 23.0. The second kappa shape index (κ2) is 9.39. The number of halogens is 4. The molecule has 0 unspecified atom stereocenters. The summed E-state index contributed by atoms with van der Waals surface area (Å²) in [5.74, 6) is 0.120. The van der Waals surface area contributed by atoms with Crippen LogP contribution in [0, 0.1) is 0 Å². The average Bonchev–Trinajstić information content (AvgIpc) is 3.45. The topological polar surface area (TPSA) is 53.1 Å². The maximum absolute atomic E-state index is 13.4. The molecule has 0 radical (unpaired) electrons. The molecule has 32 heavy (non-hydrogen) atoms. The van der Waals surface area contributed by atoms with E-state index in [1.807, 2.05) is 29.2 Å². The fourth-order valence-electron chi connectivity index (χ4n) is 4.56. The van der Waals surface area contributed by atoms with Gasteiger partial charge in [0.2, 0.25) is 5.95 Å². The molecule has 1 saturated carbocycles. The van der Waals surface area contributed by atoms with Gasteiger partial charge in [-0.2, -0.15) is 18.2 Å². The van der Waals surface area contributed by atoms with E-state index < -0.39 is 11.9 Å². The van der Waals surface area contributed by atoms with Crippen LogP contribution in [0.1, 0.15) is 49.8 Å². The summed E-state index contributed by atoms with van der Waals surface area (Å²) >= 11 is 11.4. The summed E-state index contributed by atoms with van der Waals surface area (Å²) in [6.07, 6.45) is 1.53. The molecule has 1 aliphatic heterocycles. The Bertz CT molecular complexity index is 955. The Balaban J connectivity index is 1.48. The van der Waals surface area contributed by atoms with E-state index in [2.05, 4.69) is 20.6 Å². The normalized spacial score (nSPS) is 18.1. The van der Waals surface area contributed by atoms with E-state index in [-0.39, 0.29) is 22.3 Å². The quantitative estimate of drug-likeness (QED) is 0.544. The molecule has 4 rings (SSSR count). The molecule has 2 aliphatic rings. The van der Waals surface area contributed by atoms with Crippen LogP contribution in [0.5, 0.6) is 0 Å². The van der Waals surface area contributed by atoms with Gasteiger partial charge in [0.1, 0.15) is 5.82 Å². The second-order valence-electron chi connectivity index (χ2n) is 8.43. The maximum atomic E-state index is 13.4. The summed E-state index contributed by atoms with van der Waals surface area (Å²) in [6, 6.07) is 8.82. The van der Waals surface area contributed by atoms with Gasteiger partial charge < -0.3 is 15.5 Å². The Morgan fingerprint density at radius 1 is 1.06 bits per heavy atom. The number of thiocarbonyl (C=S) groups is 1. The summed E-state index contributed by atoms with van der Waals surface area (Å²) in [5.41, 5.74) is 0.112. The van der Waals surface area contributed by atoms with Crippen molar-refractivity contribution in [2.24, 2.45) is 0 Å². The van der Waals surface area contributed by atoms with Crippen molar-refractivity contribution in [1.29, 1.82) is 0 Å². The molecule has 2 heterocycles. The van der Waals surface area contributed by atoms with Gasteiger partial charge in [-0.05, 0) is 55.6 Å². The van der Waals surface area contributed by atoms with Gasteiger partial charge in [-0.15, -0.1) is 0 Å². The molecule has 1 saturated heterocycles. The molecule has 0 amide bonds. The van der Waals surface area contributed by atoms with Crippen LogP contribution >= 0.6 is 23.8 Å². The van der Waals surface area contributed by atoms with Gasteiger partial charge in [0.15, 0.2) is 10.8 Å². The lowest BCUT2D eigenvalue weighted by atomic mass is 9.79. The Labute approximate surface area is 195 Å². The number of aromatic nitrogens is 2. The van der Waals surface area contributed by atoms with E-state index in [0.29, 0.717) is 24.7 Å². The van der Waals surface area contributed by atoms with Crippen molar-refractivity contribution in [1.82, 2.24) is 15.3 Å². The number of hydrogen-bond donors (Lipinski definition) is 2. The third kappa shape index (κ3) is 5.26. The zero-order valence-electron chi connectivity index (χ0n) is 17.5. The Morgan fingerprint density at radius 2 is 1.72 bits per heavy atom. The monoisotopic (exact) mass is 483 g/mol. The fraction of sp³-hybridized carbons (Fsp3) is 0.500. The molecule has 1 aromatic heterocycles. The van der Waals surface area contributed by atoms with Crippen molar-refractivity contribution < 1.29 is 13.2 Å². The predicted molar refractivity (Wildman–Crippen MR) is 124 cm³/mol. The lowest BCUT2D eigenvalue weighted by molar-refractivity contribution is -0.141. The van der Waals surface area contributed by atoms with Crippen molar-refractivity contribution in [3.05, 3.63) is 46.6 Å². The van der Waals surface area contributed by atoms with E-state index in [0.717, 1.165) is 44.6 Å². The van der Waals surface area contributed by atoms with Crippen LogP contribution in [0.2, 0.25) is 5.02 Å². The van der Waals surface area contributed by atoms with Crippen LogP contribution in [0.15, 0.2) is 30.3 Å². The van der Waals surface area contributed by atoms with Gasteiger partial charge in [-0.25, -0.2) is 4.98 Å². The van der Waals surface area contributed by atoms with Crippen LogP contribution in [0.25, 0.3) is 0 Å². The van der Waals surface area contributed by atoms with E-state index >= 15 is 0 Å². The molecular formula is C22H25ClF3N5S. The van der Waals surface area contributed by atoms with Crippen LogP contribution in [-0.4, -0.2) is 34.7 Å². The van der Waals surface area contributed by atoms with Gasteiger partial charge in [-0.1, -0.05) is 36.6 Å². The second-order valence-corrected chi connectivity index (χ2v) is 9.27. The predicted octanol–water partition coefficient (Wildman–Crippen LogP) is 5.55. The van der Waals surface area contributed by atoms with Crippen molar-refractivity contribution in [3.63, 3.8) is 0 Å². The Kier molecular flexibility index (Phi) is 6.76. The molecule has 0 spiro atoms. The van der Waals surface area contributed by atoms with Crippen molar-refractivity contribution >= 4 is 40.7 Å². The highest BCUT2D eigenvalue weighted by atomic mass is 35.5. The molecule has 2 fully saturated rings. The molecule has 1 aliphatic carbocycles. The first-order valence-corrected chi connectivity index (χ1v) is 11.6. The summed E-state index contributed by atoms with van der Waals surface area (Å²) in [4.78, 5) is 9.80. The standard InChI is InChI=1S/C22H25ClF3N5S/c23-16-7-5-15(6-8-16)21(9-1-2-10-21)14-27-20(32)30-19-28-17(22(24,25)26)13-18(29-19)31-11-3-4-12-31/h5-8,13H,1-4,9-12,14H2,(H2,27,28,29,30,32). The van der Waals surface area contributed by atoms with Gasteiger partial charge in [-0.3, -0.25) is 0 Å². The van der Waals surface area contributed by atoms with Crippen molar-refractivity contribution in [3.8, 4) is 0 Å². The van der Waals surface area contributed by atoms with E-state index in [4.69, 9.17) is 23.8 Å². The minimum Gasteiger partial charge on any atom is -0.361 e. The summed E-state index contributed by atoms with van der Waals surface area (Å²) in [6.45, 7) is 1.93. The fourth-order valence-corrected chi connectivity index (χ4v) is 4.85. The highest BCUT2D eigenvalue weighted by molar-refractivity contribution is 7.80. The smallest absolute Gasteiger partial charge is 0.361 e. The number of nitrogens with zero attached hydrogens (tertiary/aromatic N) is 3. The highest BCUT2D eigenvalue weighted by Gasteiger charge is 2.36. The van der Waals surface area contributed by atoms with Crippen molar-refractivity contribution in [2.45, 2.75) is 50.1 Å². The zero-order valence-corrected chi connectivity index (χ0v) is 19.1. The minimum absolute atomic E-state index is 0.0916. The number of anilines is 2. The lowest BCUT2D eigenvalue weighted by Gasteiger charge is -2.30. The van der Waals surface area contributed by atoms with E-state index in [9.17, 15) is 13.2 Å². The molecule has 1 aromatic carbocycles. The third-order valence-electron chi connectivity index (χ3n) is 6.26. The molecule has 10 heteroatoms. The number of benzene rings is 1. The van der Waals surface area contributed by atoms with Crippen LogP contribution in [0.4, 0.5) is 24.9 Å². The molecule has 2 aromatic rings. The Hall–Kier alpha value is -2.13. The van der Waals surface area contributed by atoms with Gasteiger partial charge in [0, 0.05) is 36.1 Å². The molecule has 0 bridgehead atoms. The van der Waals surface area contributed by atoms with Gasteiger partial charge >= 0.3 is 6.18 Å². The zero-order chi connectivity index (χ0) is 22.8. The molecule has 5 nitrogen and oxygen atoms in total. The molecular weight excluding hydrogens is 459 g/mol. The first-order chi connectivity index (χ1) is 15.2. The van der Waals surface area contributed by atoms with E-state index in [1.165, 1.54) is 5.56 Å². The van der Waals surface area contributed by atoms with Crippen LogP contribution < -0.4 is 15.5 Å². The average molecular weight is 484 g/mol. The number of hydrogen-bond acceptors (Lipinski definition) is 4. The SMILES string of the molecule is FC(F)(F)c1cc(N2CCCC2)nc(NC(=S)NCC2(c3ccc(Cl)cc3)CCCC2)n1. The number of alkyl halides is 3. The number of nitrogens with one attached hydrogen (secondary N) is 2. The summed E-state index contributed by atoms with van der Waals surface area (Å²) in [5, 5.41) is 6.85. The maximum Gasteiger partial charge on any atom is 0.433 e. The van der Waals surface area contributed by atoms with Gasteiger partial charge in [0.05, 0.1) is 0 Å². The van der Waals surface area contributed by atoms with Crippen molar-refractivity contribution in [2.75, 3.05) is 29.9 Å². The van der Waals surface area contributed by atoms with Crippen LogP contribution in [0.3, 0.4) is 0 Å². The number of rotatable bonds is 5. The van der Waals surface area contributed by atoms with E-state index in [1.54, 1.807) is 0 Å². The summed E-state index contributed by atoms with van der Waals surface area (Å²) < 4.78 is 40.2. The molecule has 172 valence electrons. The summed E-state index contributed by atoms with van der Waals surface area (Å²) in [7, 11) is 0. The Morgan fingerprint density at radius 3 is 2.34 bits per heavy atom. The lowest BCUT2D eigenvalue weighted by Crippen LogP contribution is -2.41. The minimum atomic E-state index is -4.56.